The summed E-state index contributed by atoms with van der Waals surface area (Å²) in [6.07, 6.45) is 3.68. The summed E-state index contributed by atoms with van der Waals surface area (Å²) < 4.78 is 0. The van der Waals surface area contributed by atoms with Crippen molar-refractivity contribution in [1.82, 2.24) is 9.97 Å². The number of aromatic nitrogens is 2. The van der Waals surface area contributed by atoms with Gasteiger partial charge in [-0.3, -0.25) is 4.98 Å². The summed E-state index contributed by atoms with van der Waals surface area (Å²) in [4.78, 5) is 7.70. The summed E-state index contributed by atoms with van der Waals surface area (Å²) in [5.74, 6) is 0.168. The van der Waals surface area contributed by atoms with Gasteiger partial charge in [0.1, 0.15) is 0 Å². The van der Waals surface area contributed by atoms with Crippen LogP contribution in [0.3, 0.4) is 0 Å². The Hall–Kier alpha value is -2.13. The molecule has 3 N–H and O–H groups in total. The monoisotopic (exact) mass is 251 g/mol. The van der Waals surface area contributed by atoms with Crippen LogP contribution in [0.2, 0.25) is 0 Å². The van der Waals surface area contributed by atoms with E-state index < -0.39 is 0 Å². The standard InChI is InChI=1S/C16H17N3/c1-11-13-6-2-3-7-15(13)19-16(11)14(9-17)12-5-4-8-18-10-12/h2-8,10,14,19H,9,17H2,1H3. The number of hydrogen-bond donors (Lipinski definition) is 2. The average molecular weight is 251 g/mol. The van der Waals surface area contributed by atoms with Gasteiger partial charge in [0, 0.05) is 41.5 Å². The van der Waals surface area contributed by atoms with E-state index in [1.807, 2.05) is 18.3 Å². The van der Waals surface area contributed by atoms with Crippen LogP contribution in [-0.2, 0) is 0 Å². The van der Waals surface area contributed by atoms with Gasteiger partial charge in [-0.25, -0.2) is 0 Å². The van der Waals surface area contributed by atoms with Crippen molar-refractivity contribution in [1.29, 1.82) is 0 Å². The van der Waals surface area contributed by atoms with Gasteiger partial charge >= 0.3 is 0 Å². The van der Waals surface area contributed by atoms with Gasteiger partial charge in [-0.1, -0.05) is 24.3 Å². The largest absolute Gasteiger partial charge is 0.358 e. The third kappa shape index (κ3) is 2.02. The van der Waals surface area contributed by atoms with E-state index in [1.165, 1.54) is 16.6 Å². The van der Waals surface area contributed by atoms with Crippen molar-refractivity contribution in [3.63, 3.8) is 0 Å². The summed E-state index contributed by atoms with van der Waals surface area (Å²) in [6, 6.07) is 12.4. The van der Waals surface area contributed by atoms with Crippen molar-refractivity contribution in [3.05, 3.63) is 65.6 Å². The highest BCUT2D eigenvalue weighted by molar-refractivity contribution is 5.84. The Balaban J connectivity index is 2.14. The maximum absolute atomic E-state index is 5.98. The van der Waals surface area contributed by atoms with E-state index in [0.29, 0.717) is 6.54 Å². The molecule has 0 saturated heterocycles. The Bertz CT molecular complexity index is 686. The van der Waals surface area contributed by atoms with Crippen molar-refractivity contribution < 1.29 is 0 Å². The number of nitrogens with two attached hydrogens (primary N) is 1. The van der Waals surface area contributed by atoms with Crippen molar-refractivity contribution in [2.45, 2.75) is 12.8 Å². The summed E-state index contributed by atoms with van der Waals surface area (Å²) in [6.45, 7) is 2.71. The molecule has 1 aromatic carbocycles. The molecule has 0 amide bonds. The molecule has 1 atom stereocenters. The van der Waals surface area contributed by atoms with E-state index in [4.69, 9.17) is 5.73 Å². The molecular formula is C16H17N3. The number of rotatable bonds is 3. The van der Waals surface area contributed by atoms with Gasteiger partial charge in [-0.2, -0.15) is 0 Å². The first-order chi connectivity index (χ1) is 9.31. The van der Waals surface area contributed by atoms with Crippen LogP contribution in [0.4, 0.5) is 0 Å². The van der Waals surface area contributed by atoms with Crippen LogP contribution in [-0.4, -0.2) is 16.5 Å². The number of para-hydroxylation sites is 1. The normalized spacial score (nSPS) is 12.7. The Morgan fingerprint density at radius 2 is 2.05 bits per heavy atom. The molecule has 0 aliphatic heterocycles. The van der Waals surface area contributed by atoms with Gasteiger partial charge in [0.25, 0.3) is 0 Å². The van der Waals surface area contributed by atoms with Crippen LogP contribution >= 0.6 is 0 Å². The number of hydrogen-bond acceptors (Lipinski definition) is 2. The predicted molar refractivity (Wildman–Crippen MR) is 78.2 cm³/mol. The van der Waals surface area contributed by atoms with E-state index >= 15 is 0 Å². The van der Waals surface area contributed by atoms with Gasteiger partial charge in [-0.15, -0.1) is 0 Å². The van der Waals surface area contributed by atoms with E-state index in [-0.39, 0.29) is 5.92 Å². The number of nitrogens with zero attached hydrogens (tertiary/aromatic N) is 1. The molecule has 1 unspecified atom stereocenters. The third-order valence-corrected chi connectivity index (χ3v) is 3.68. The van der Waals surface area contributed by atoms with Crippen LogP contribution < -0.4 is 5.73 Å². The molecule has 3 rings (SSSR count). The quantitative estimate of drug-likeness (QED) is 0.752. The fourth-order valence-corrected chi connectivity index (χ4v) is 2.65. The van der Waals surface area contributed by atoms with Crippen molar-refractivity contribution in [2.75, 3.05) is 6.54 Å². The lowest BCUT2D eigenvalue weighted by Gasteiger charge is -2.14. The minimum atomic E-state index is 0.168. The van der Waals surface area contributed by atoms with Gasteiger partial charge < -0.3 is 10.7 Å². The topological polar surface area (TPSA) is 54.7 Å². The molecule has 3 heteroatoms. The number of fused-ring (bicyclic) bond motifs is 1. The number of nitrogens with one attached hydrogen (secondary N) is 1. The molecule has 0 aliphatic rings. The molecule has 2 aromatic heterocycles. The van der Waals surface area contributed by atoms with Crippen molar-refractivity contribution in [2.24, 2.45) is 5.73 Å². The molecule has 0 fully saturated rings. The first-order valence-corrected chi connectivity index (χ1v) is 6.48. The van der Waals surface area contributed by atoms with Crippen molar-refractivity contribution >= 4 is 10.9 Å². The molecule has 96 valence electrons. The third-order valence-electron chi connectivity index (χ3n) is 3.68. The molecule has 0 bridgehead atoms. The summed E-state index contributed by atoms with van der Waals surface area (Å²) in [5, 5.41) is 1.26. The predicted octanol–water partition coefficient (Wildman–Crippen LogP) is 2.96. The zero-order valence-electron chi connectivity index (χ0n) is 10.9. The molecule has 3 nitrogen and oxygen atoms in total. The highest BCUT2D eigenvalue weighted by atomic mass is 14.7. The first kappa shape index (κ1) is 11.9. The highest BCUT2D eigenvalue weighted by Crippen LogP contribution is 2.30. The molecule has 0 aliphatic carbocycles. The average Bonchev–Trinajstić information content (AvgIpc) is 2.79. The van der Waals surface area contributed by atoms with E-state index in [9.17, 15) is 0 Å². The van der Waals surface area contributed by atoms with E-state index in [0.717, 1.165) is 11.1 Å². The van der Waals surface area contributed by atoms with Gasteiger partial charge in [-0.05, 0) is 30.2 Å². The fourth-order valence-electron chi connectivity index (χ4n) is 2.65. The molecule has 2 heterocycles. The maximum atomic E-state index is 5.98. The van der Waals surface area contributed by atoms with Crippen LogP contribution in [0, 0.1) is 6.92 Å². The summed E-state index contributed by atoms with van der Waals surface area (Å²) >= 11 is 0. The second-order valence-corrected chi connectivity index (χ2v) is 4.78. The molecule has 19 heavy (non-hydrogen) atoms. The van der Waals surface area contributed by atoms with Crippen LogP contribution in [0.25, 0.3) is 10.9 Å². The second-order valence-electron chi connectivity index (χ2n) is 4.78. The number of aromatic amines is 1. The lowest BCUT2D eigenvalue weighted by Crippen LogP contribution is -2.15. The molecular weight excluding hydrogens is 234 g/mol. The maximum Gasteiger partial charge on any atom is 0.0459 e. The Kier molecular flexibility index (Phi) is 3.05. The van der Waals surface area contributed by atoms with Crippen molar-refractivity contribution in [3.8, 4) is 0 Å². The second kappa shape index (κ2) is 4.86. The van der Waals surface area contributed by atoms with E-state index in [1.54, 1.807) is 6.20 Å². The molecule has 0 saturated carbocycles. The zero-order valence-corrected chi connectivity index (χ0v) is 10.9. The minimum Gasteiger partial charge on any atom is -0.358 e. The summed E-state index contributed by atoms with van der Waals surface area (Å²) in [5.41, 5.74) is 10.8. The molecule has 0 radical (unpaired) electrons. The fraction of sp³-hybridized carbons (Fsp3) is 0.188. The Morgan fingerprint density at radius 1 is 1.21 bits per heavy atom. The number of aryl methyl sites for hydroxylation is 1. The summed E-state index contributed by atoms with van der Waals surface area (Å²) in [7, 11) is 0. The van der Waals surface area contributed by atoms with Gasteiger partial charge in [0.05, 0.1) is 0 Å². The first-order valence-electron chi connectivity index (χ1n) is 6.48. The number of H-pyrrole nitrogens is 1. The van der Waals surface area contributed by atoms with Gasteiger partial charge in [0.2, 0.25) is 0 Å². The number of benzene rings is 1. The van der Waals surface area contributed by atoms with E-state index in [2.05, 4.69) is 41.2 Å². The van der Waals surface area contributed by atoms with Gasteiger partial charge in [0.15, 0.2) is 0 Å². The van der Waals surface area contributed by atoms with Crippen LogP contribution in [0.15, 0.2) is 48.8 Å². The minimum absolute atomic E-state index is 0.168. The lowest BCUT2D eigenvalue weighted by molar-refractivity contribution is 0.786. The SMILES string of the molecule is Cc1c(C(CN)c2cccnc2)[nH]c2ccccc12. The lowest BCUT2D eigenvalue weighted by atomic mass is 9.94. The zero-order chi connectivity index (χ0) is 13.2. The Morgan fingerprint density at radius 3 is 2.74 bits per heavy atom. The molecule has 0 spiro atoms. The van der Waals surface area contributed by atoms with Crippen LogP contribution in [0.5, 0.6) is 0 Å². The molecule has 3 aromatic rings. The highest BCUT2D eigenvalue weighted by Gasteiger charge is 2.18. The Labute approximate surface area is 112 Å². The van der Waals surface area contributed by atoms with Crippen LogP contribution in [0.1, 0.15) is 22.7 Å². The number of pyridine rings is 1. The smallest absolute Gasteiger partial charge is 0.0459 e.